The summed E-state index contributed by atoms with van der Waals surface area (Å²) >= 11 is 0. The molecule has 1 atom stereocenters. The van der Waals surface area contributed by atoms with Crippen molar-refractivity contribution in [3.05, 3.63) is 89.7 Å². The monoisotopic (exact) mass is 377 g/mol. The van der Waals surface area contributed by atoms with E-state index in [1.54, 1.807) is 12.1 Å². The third kappa shape index (κ3) is 4.58. The Kier molecular flexibility index (Phi) is 5.70. The number of aliphatic hydroxyl groups excluding tert-OH is 1. The van der Waals surface area contributed by atoms with Crippen LogP contribution in [-0.4, -0.2) is 35.8 Å². The first-order valence-corrected chi connectivity index (χ1v) is 9.63. The molecule has 1 unspecified atom stereocenters. The number of halogens is 1. The fourth-order valence-electron chi connectivity index (χ4n) is 3.66. The predicted molar refractivity (Wildman–Crippen MR) is 109 cm³/mol. The Morgan fingerprint density at radius 2 is 1.71 bits per heavy atom. The number of benzene rings is 3. The average Bonchev–Trinajstić information content (AvgIpc) is 2.73. The minimum atomic E-state index is -0.556. The maximum atomic E-state index is 13.1. The predicted octanol–water partition coefficient (Wildman–Crippen LogP) is 4.29. The van der Waals surface area contributed by atoms with E-state index < -0.39 is 6.10 Å². The van der Waals surface area contributed by atoms with Gasteiger partial charge in [-0.25, -0.2) is 4.39 Å². The maximum Gasteiger partial charge on any atom is 0.123 e. The zero-order valence-electron chi connectivity index (χ0n) is 15.7. The highest BCUT2D eigenvalue weighted by Crippen LogP contribution is 2.24. The second-order valence-corrected chi connectivity index (χ2v) is 7.25. The lowest BCUT2D eigenvalue weighted by Gasteiger charge is -2.30. The molecule has 0 saturated heterocycles. The Balaban J connectivity index is 1.32. The first kappa shape index (κ1) is 18.7. The summed E-state index contributed by atoms with van der Waals surface area (Å²) in [5.74, 6) is 0.449. The summed E-state index contributed by atoms with van der Waals surface area (Å²) in [4.78, 5) is 2.27. The van der Waals surface area contributed by atoms with Crippen LogP contribution in [0.4, 0.5) is 4.39 Å². The number of hydrogen-bond acceptors (Lipinski definition) is 3. The molecule has 0 saturated carbocycles. The van der Waals surface area contributed by atoms with E-state index in [0.717, 1.165) is 30.6 Å². The molecule has 144 valence electrons. The molecule has 0 aliphatic carbocycles. The third-order valence-corrected chi connectivity index (χ3v) is 5.13. The summed E-state index contributed by atoms with van der Waals surface area (Å²) in [5, 5.41) is 10.4. The van der Waals surface area contributed by atoms with Gasteiger partial charge in [-0.2, -0.15) is 0 Å². The lowest BCUT2D eigenvalue weighted by atomic mass is 10.00. The summed E-state index contributed by atoms with van der Waals surface area (Å²) in [7, 11) is 0. The molecule has 4 rings (SSSR count). The van der Waals surface area contributed by atoms with Crippen LogP contribution in [0.15, 0.2) is 72.8 Å². The molecule has 0 radical (unpaired) electrons. The third-order valence-electron chi connectivity index (χ3n) is 5.13. The minimum Gasteiger partial charge on any atom is -0.491 e. The van der Waals surface area contributed by atoms with Gasteiger partial charge < -0.3 is 9.84 Å². The van der Waals surface area contributed by atoms with Gasteiger partial charge in [0.2, 0.25) is 0 Å². The number of hydrogen-bond donors (Lipinski definition) is 1. The summed E-state index contributed by atoms with van der Waals surface area (Å²) in [6.07, 6.45) is 0.462. The van der Waals surface area contributed by atoms with Crippen molar-refractivity contribution in [2.45, 2.75) is 19.1 Å². The van der Waals surface area contributed by atoms with Gasteiger partial charge in [0.15, 0.2) is 0 Å². The smallest absolute Gasteiger partial charge is 0.123 e. The van der Waals surface area contributed by atoms with Crippen LogP contribution in [0, 0.1) is 5.82 Å². The second kappa shape index (κ2) is 8.55. The van der Waals surface area contributed by atoms with Gasteiger partial charge in [0.25, 0.3) is 0 Å². The first-order valence-electron chi connectivity index (χ1n) is 9.63. The van der Waals surface area contributed by atoms with Crippen LogP contribution in [0.2, 0.25) is 0 Å². The molecular formula is C24H24FNO2. The quantitative estimate of drug-likeness (QED) is 0.696. The van der Waals surface area contributed by atoms with Crippen LogP contribution in [0.5, 0.6) is 5.75 Å². The highest BCUT2D eigenvalue weighted by Gasteiger charge is 2.18. The highest BCUT2D eigenvalue weighted by molar-refractivity contribution is 5.64. The van der Waals surface area contributed by atoms with Gasteiger partial charge in [0.05, 0.1) is 0 Å². The zero-order chi connectivity index (χ0) is 19.3. The van der Waals surface area contributed by atoms with E-state index in [1.165, 1.54) is 23.3 Å². The molecule has 4 heteroatoms. The molecule has 0 fully saturated rings. The molecule has 1 N–H and O–H groups in total. The van der Waals surface area contributed by atoms with E-state index in [0.29, 0.717) is 12.3 Å². The van der Waals surface area contributed by atoms with Crippen molar-refractivity contribution >= 4 is 0 Å². The normalized spacial score (nSPS) is 15.1. The molecule has 0 spiro atoms. The van der Waals surface area contributed by atoms with Crippen LogP contribution in [0.3, 0.4) is 0 Å². The molecule has 1 aliphatic heterocycles. The molecule has 1 heterocycles. The van der Waals surface area contributed by atoms with E-state index in [2.05, 4.69) is 29.2 Å². The first-order chi connectivity index (χ1) is 13.7. The summed E-state index contributed by atoms with van der Waals surface area (Å²) in [6, 6.07) is 22.5. The molecule has 3 aromatic rings. The van der Waals surface area contributed by atoms with Gasteiger partial charge in [0, 0.05) is 19.6 Å². The number of β-amino-alcohol motifs (C(OH)–C–C–N with tert-alkyl or cyclic N) is 1. The zero-order valence-corrected chi connectivity index (χ0v) is 15.7. The molecule has 3 nitrogen and oxygen atoms in total. The van der Waals surface area contributed by atoms with Crippen molar-refractivity contribution in [3.63, 3.8) is 0 Å². The minimum absolute atomic E-state index is 0.241. The lowest BCUT2D eigenvalue weighted by Crippen LogP contribution is -2.38. The Labute approximate surface area is 165 Å². The Morgan fingerprint density at radius 1 is 0.929 bits per heavy atom. The summed E-state index contributed by atoms with van der Waals surface area (Å²) in [6.45, 7) is 2.65. The van der Waals surface area contributed by atoms with Crippen molar-refractivity contribution in [2.75, 3.05) is 19.7 Å². The number of nitrogens with zero attached hydrogens (tertiary/aromatic N) is 1. The van der Waals surface area contributed by atoms with Gasteiger partial charge in [0.1, 0.15) is 24.3 Å². The Bertz CT molecular complexity index is 926. The van der Waals surface area contributed by atoms with Gasteiger partial charge >= 0.3 is 0 Å². The number of rotatable bonds is 6. The molecule has 1 aliphatic rings. The molecule has 0 aromatic heterocycles. The van der Waals surface area contributed by atoms with Gasteiger partial charge in [-0.15, -0.1) is 0 Å². The average molecular weight is 377 g/mol. The van der Waals surface area contributed by atoms with Gasteiger partial charge in [-0.1, -0.05) is 48.5 Å². The van der Waals surface area contributed by atoms with Crippen molar-refractivity contribution in [3.8, 4) is 16.9 Å². The standard InChI is InChI=1S/C24H24FNO2/c25-22-10-8-19(9-11-22)20-6-3-7-24(14-20)28-17-23(27)16-26-13-12-18-4-1-2-5-21(18)15-26/h1-11,14,23,27H,12-13,15-17H2. The number of aliphatic hydroxyl groups is 1. The van der Waals surface area contributed by atoms with Crippen molar-refractivity contribution in [1.29, 1.82) is 0 Å². The van der Waals surface area contributed by atoms with Crippen LogP contribution in [0.1, 0.15) is 11.1 Å². The lowest BCUT2D eigenvalue weighted by molar-refractivity contribution is 0.0638. The second-order valence-electron chi connectivity index (χ2n) is 7.25. The van der Waals surface area contributed by atoms with Gasteiger partial charge in [-0.05, 0) is 52.9 Å². The maximum absolute atomic E-state index is 13.1. The molecule has 0 amide bonds. The molecule has 0 bridgehead atoms. The van der Waals surface area contributed by atoms with Crippen LogP contribution in [0.25, 0.3) is 11.1 Å². The van der Waals surface area contributed by atoms with E-state index >= 15 is 0 Å². The van der Waals surface area contributed by atoms with Crippen molar-refractivity contribution < 1.29 is 14.2 Å². The van der Waals surface area contributed by atoms with E-state index in [1.807, 2.05) is 24.3 Å². The SMILES string of the molecule is OC(COc1cccc(-c2ccc(F)cc2)c1)CN1CCc2ccccc2C1. The summed E-state index contributed by atoms with van der Waals surface area (Å²) < 4.78 is 18.9. The Hall–Kier alpha value is -2.69. The van der Waals surface area contributed by atoms with E-state index in [-0.39, 0.29) is 12.4 Å². The topological polar surface area (TPSA) is 32.7 Å². The largest absolute Gasteiger partial charge is 0.491 e. The van der Waals surface area contributed by atoms with Crippen LogP contribution >= 0.6 is 0 Å². The molecule has 3 aromatic carbocycles. The molecule has 28 heavy (non-hydrogen) atoms. The van der Waals surface area contributed by atoms with Crippen LogP contribution in [-0.2, 0) is 13.0 Å². The van der Waals surface area contributed by atoms with E-state index in [4.69, 9.17) is 4.74 Å². The summed E-state index contributed by atoms with van der Waals surface area (Å²) in [5.41, 5.74) is 4.63. The van der Waals surface area contributed by atoms with E-state index in [9.17, 15) is 9.50 Å². The van der Waals surface area contributed by atoms with Crippen molar-refractivity contribution in [2.24, 2.45) is 0 Å². The highest BCUT2D eigenvalue weighted by atomic mass is 19.1. The fourth-order valence-corrected chi connectivity index (χ4v) is 3.66. The van der Waals surface area contributed by atoms with Gasteiger partial charge in [-0.3, -0.25) is 4.90 Å². The van der Waals surface area contributed by atoms with Crippen LogP contribution < -0.4 is 4.74 Å². The number of fused-ring (bicyclic) bond motifs is 1. The molecular weight excluding hydrogens is 353 g/mol. The fraction of sp³-hybridized carbons (Fsp3) is 0.250. The number of ether oxygens (including phenoxy) is 1. The Morgan fingerprint density at radius 3 is 2.54 bits per heavy atom. The van der Waals surface area contributed by atoms with Crippen molar-refractivity contribution in [1.82, 2.24) is 4.90 Å².